The van der Waals surface area contributed by atoms with Gasteiger partial charge in [0, 0.05) is 28.5 Å². The first kappa shape index (κ1) is 19.9. The molecule has 140 valence electrons. The van der Waals surface area contributed by atoms with Crippen LogP contribution in [0.3, 0.4) is 0 Å². The number of amides is 2. The van der Waals surface area contributed by atoms with Crippen LogP contribution in [0.4, 0.5) is 11.4 Å². The van der Waals surface area contributed by atoms with Gasteiger partial charge in [0.1, 0.15) is 5.56 Å². The van der Waals surface area contributed by atoms with E-state index in [1.807, 2.05) is 0 Å². The van der Waals surface area contributed by atoms with Crippen molar-refractivity contribution in [2.24, 2.45) is 0 Å². The highest BCUT2D eigenvalue weighted by Crippen LogP contribution is 2.22. The Morgan fingerprint density at radius 1 is 1.11 bits per heavy atom. The molecule has 0 fully saturated rings. The number of nitro benzene ring substituents is 1. The van der Waals surface area contributed by atoms with E-state index in [1.54, 1.807) is 32.0 Å². The summed E-state index contributed by atoms with van der Waals surface area (Å²) < 4.78 is 0. The lowest BCUT2D eigenvalue weighted by Gasteiger charge is -2.10. The first-order chi connectivity index (χ1) is 12.8. The molecule has 0 atom stereocenters. The Kier molecular flexibility index (Phi) is 6.51. The highest BCUT2D eigenvalue weighted by Gasteiger charge is 2.18. The number of rotatable bonds is 6. The Balaban J connectivity index is 1.99. The number of hydrogen-bond acceptors (Lipinski definition) is 5. The van der Waals surface area contributed by atoms with Gasteiger partial charge in [0.15, 0.2) is 0 Å². The third-order valence-corrected chi connectivity index (χ3v) is 4.00. The van der Waals surface area contributed by atoms with E-state index >= 15 is 0 Å². The molecule has 0 saturated heterocycles. The first-order valence-electron chi connectivity index (χ1n) is 7.83. The molecule has 9 heteroatoms. The highest BCUT2D eigenvalue weighted by molar-refractivity contribution is 6.31. The number of carbonyl (C=O) groups is 2. The lowest BCUT2D eigenvalue weighted by molar-refractivity contribution is -0.385. The second-order valence-corrected chi connectivity index (χ2v) is 5.99. The molecule has 8 nitrogen and oxygen atoms in total. The van der Waals surface area contributed by atoms with Crippen molar-refractivity contribution in [3.63, 3.8) is 0 Å². The summed E-state index contributed by atoms with van der Waals surface area (Å²) in [5.74, 6) is -1.12. The van der Waals surface area contributed by atoms with Crippen molar-refractivity contribution in [2.75, 3.05) is 5.32 Å². The molecule has 27 heavy (non-hydrogen) atoms. The van der Waals surface area contributed by atoms with Crippen LogP contribution >= 0.6 is 11.6 Å². The SMILES string of the molecule is CC(=CC(=O)Nc1cccc(Cl)c1C)NNC(=O)c1ccccc1[N+](=O)[O-]. The Labute approximate surface area is 160 Å². The molecule has 0 aliphatic heterocycles. The minimum absolute atomic E-state index is 0.0956. The smallest absolute Gasteiger partial charge is 0.282 e. The Morgan fingerprint density at radius 3 is 2.52 bits per heavy atom. The van der Waals surface area contributed by atoms with Crippen molar-refractivity contribution in [1.29, 1.82) is 0 Å². The van der Waals surface area contributed by atoms with Crippen LogP contribution in [0.2, 0.25) is 5.02 Å². The van der Waals surface area contributed by atoms with Crippen molar-refractivity contribution in [2.45, 2.75) is 13.8 Å². The summed E-state index contributed by atoms with van der Waals surface area (Å²) in [4.78, 5) is 34.5. The molecule has 0 radical (unpaired) electrons. The van der Waals surface area contributed by atoms with Gasteiger partial charge in [-0.2, -0.15) is 0 Å². The third-order valence-electron chi connectivity index (χ3n) is 3.59. The Hall–Kier alpha value is -3.39. The fourth-order valence-corrected chi connectivity index (χ4v) is 2.37. The molecule has 0 aliphatic rings. The first-order valence-corrected chi connectivity index (χ1v) is 8.21. The van der Waals surface area contributed by atoms with Gasteiger partial charge in [0.25, 0.3) is 11.6 Å². The molecule has 0 unspecified atom stereocenters. The number of hydrogen-bond donors (Lipinski definition) is 3. The molecule has 0 saturated carbocycles. The van der Waals surface area contributed by atoms with Crippen LogP contribution in [-0.2, 0) is 4.79 Å². The number of nitrogens with one attached hydrogen (secondary N) is 3. The molecule has 0 aromatic heterocycles. The zero-order valence-electron chi connectivity index (χ0n) is 14.6. The molecule has 3 N–H and O–H groups in total. The van der Waals surface area contributed by atoms with E-state index in [9.17, 15) is 19.7 Å². The zero-order valence-corrected chi connectivity index (χ0v) is 15.3. The summed E-state index contributed by atoms with van der Waals surface area (Å²) in [5, 5.41) is 14.2. The number of nitro groups is 1. The number of anilines is 1. The maximum atomic E-state index is 12.1. The van der Waals surface area contributed by atoms with Crippen LogP contribution in [0.5, 0.6) is 0 Å². The Bertz CT molecular complexity index is 927. The molecule has 2 rings (SSSR count). The Morgan fingerprint density at radius 2 is 1.81 bits per heavy atom. The topological polar surface area (TPSA) is 113 Å². The number of hydrazine groups is 1. The lowest BCUT2D eigenvalue weighted by atomic mass is 10.2. The fraction of sp³-hybridized carbons (Fsp3) is 0.111. The second-order valence-electron chi connectivity index (χ2n) is 5.58. The normalized spacial score (nSPS) is 10.9. The molecule has 0 heterocycles. The molecule has 2 aromatic rings. The predicted octanol–water partition coefficient (Wildman–Crippen LogP) is 3.33. The summed E-state index contributed by atoms with van der Waals surface area (Å²) in [6.07, 6.45) is 1.24. The van der Waals surface area contributed by atoms with Crippen molar-refractivity contribution < 1.29 is 14.5 Å². The van der Waals surface area contributed by atoms with Crippen LogP contribution in [0.1, 0.15) is 22.8 Å². The van der Waals surface area contributed by atoms with Crippen molar-refractivity contribution >= 4 is 34.8 Å². The van der Waals surface area contributed by atoms with Crippen molar-refractivity contribution in [1.82, 2.24) is 10.9 Å². The second kappa shape index (κ2) is 8.81. The standard InChI is InChI=1S/C18H17ClN4O4/c1-11(10-17(24)20-15-8-5-7-14(19)12(15)2)21-22-18(25)13-6-3-4-9-16(13)23(26)27/h3-10,21H,1-2H3,(H,20,24)(H,22,25). The summed E-state index contributed by atoms with van der Waals surface area (Å²) in [6, 6.07) is 10.7. The van der Waals surface area contributed by atoms with E-state index < -0.39 is 16.7 Å². The number of allylic oxidation sites excluding steroid dienone is 1. The van der Waals surface area contributed by atoms with E-state index in [-0.39, 0.29) is 11.3 Å². The van der Waals surface area contributed by atoms with E-state index in [4.69, 9.17) is 11.6 Å². The van der Waals surface area contributed by atoms with Gasteiger partial charge in [-0.25, -0.2) is 0 Å². The minimum Gasteiger partial charge on any atom is -0.322 e. The molecule has 2 aromatic carbocycles. The van der Waals surface area contributed by atoms with Gasteiger partial charge in [-0.3, -0.25) is 25.1 Å². The number of nitrogens with zero attached hydrogens (tertiary/aromatic N) is 1. The monoisotopic (exact) mass is 388 g/mol. The number of carbonyl (C=O) groups excluding carboxylic acids is 2. The van der Waals surface area contributed by atoms with Crippen LogP contribution < -0.4 is 16.2 Å². The van der Waals surface area contributed by atoms with Gasteiger partial charge in [0.05, 0.1) is 4.92 Å². The summed E-state index contributed by atoms with van der Waals surface area (Å²) in [7, 11) is 0. The predicted molar refractivity (Wildman–Crippen MR) is 102 cm³/mol. The largest absolute Gasteiger partial charge is 0.322 e. The van der Waals surface area contributed by atoms with Crippen LogP contribution in [0, 0.1) is 17.0 Å². The molecule has 0 aliphatic carbocycles. The van der Waals surface area contributed by atoms with Crippen LogP contribution in [0.15, 0.2) is 54.2 Å². The molecule has 2 amide bonds. The molecular formula is C18H17ClN4O4. The van der Waals surface area contributed by atoms with E-state index in [1.165, 1.54) is 30.3 Å². The summed E-state index contributed by atoms with van der Waals surface area (Å²) in [6.45, 7) is 3.34. The van der Waals surface area contributed by atoms with Gasteiger partial charge in [-0.15, -0.1) is 0 Å². The van der Waals surface area contributed by atoms with Gasteiger partial charge in [-0.05, 0) is 37.6 Å². The van der Waals surface area contributed by atoms with Gasteiger partial charge in [0.2, 0.25) is 5.91 Å². The van der Waals surface area contributed by atoms with Gasteiger partial charge in [-0.1, -0.05) is 29.8 Å². The fourth-order valence-electron chi connectivity index (χ4n) is 2.19. The molecular weight excluding hydrogens is 372 g/mol. The maximum Gasteiger partial charge on any atom is 0.282 e. The van der Waals surface area contributed by atoms with Gasteiger partial charge >= 0.3 is 0 Å². The zero-order chi connectivity index (χ0) is 20.0. The average Bonchev–Trinajstić information content (AvgIpc) is 2.63. The summed E-state index contributed by atoms with van der Waals surface area (Å²) in [5.41, 5.74) is 6.09. The van der Waals surface area contributed by atoms with Crippen LogP contribution in [-0.4, -0.2) is 16.7 Å². The molecule has 0 spiro atoms. The molecule has 0 bridgehead atoms. The lowest BCUT2D eigenvalue weighted by Crippen LogP contribution is -2.36. The number of halogens is 1. The van der Waals surface area contributed by atoms with E-state index in [0.717, 1.165) is 5.56 Å². The van der Waals surface area contributed by atoms with E-state index in [0.29, 0.717) is 16.4 Å². The maximum absolute atomic E-state index is 12.1. The van der Waals surface area contributed by atoms with Crippen molar-refractivity contribution in [3.8, 4) is 0 Å². The average molecular weight is 389 g/mol. The minimum atomic E-state index is -0.693. The van der Waals surface area contributed by atoms with E-state index in [2.05, 4.69) is 16.2 Å². The summed E-state index contributed by atoms with van der Waals surface area (Å²) >= 11 is 6.01. The highest BCUT2D eigenvalue weighted by atomic mass is 35.5. The van der Waals surface area contributed by atoms with Crippen LogP contribution in [0.25, 0.3) is 0 Å². The third kappa shape index (κ3) is 5.29. The quantitative estimate of drug-likeness (QED) is 0.399. The van der Waals surface area contributed by atoms with Crippen molar-refractivity contribution in [3.05, 3.63) is 80.5 Å². The number of benzene rings is 2. The number of para-hydroxylation sites is 1. The van der Waals surface area contributed by atoms with Gasteiger partial charge < -0.3 is 10.7 Å².